The summed E-state index contributed by atoms with van der Waals surface area (Å²) in [6.07, 6.45) is 1.82. The van der Waals surface area contributed by atoms with Gasteiger partial charge in [-0.05, 0) is 54.7 Å². The van der Waals surface area contributed by atoms with Gasteiger partial charge < -0.3 is 14.4 Å². The first-order chi connectivity index (χ1) is 12.7. The molecule has 146 valence electrons. The molecule has 2 rings (SSSR count). The average Bonchev–Trinajstić information content (AvgIpc) is 2.61. The van der Waals surface area contributed by atoms with Crippen LogP contribution < -0.4 is 9.47 Å². The van der Waals surface area contributed by atoms with Gasteiger partial charge >= 0.3 is 0 Å². The highest BCUT2D eigenvalue weighted by Gasteiger charge is 2.19. The van der Waals surface area contributed by atoms with E-state index in [4.69, 9.17) is 21.1 Å². The van der Waals surface area contributed by atoms with E-state index < -0.39 is 0 Å². The van der Waals surface area contributed by atoms with E-state index in [9.17, 15) is 0 Å². The number of benzene rings is 2. The highest BCUT2D eigenvalue weighted by atomic mass is 35.5. The Morgan fingerprint density at radius 1 is 1.15 bits per heavy atom. The van der Waals surface area contributed by atoms with Crippen LogP contribution in [-0.4, -0.2) is 31.9 Å². The van der Waals surface area contributed by atoms with Crippen molar-refractivity contribution in [1.82, 2.24) is 4.90 Å². The summed E-state index contributed by atoms with van der Waals surface area (Å²) >= 11 is 6.36. The zero-order chi connectivity index (χ0) is 20.2. The van der Waals surface area contributed by atoms with Crippen molar-refractivity contribution >= 4 is 23.6 Å². The minimum Gasteiger partial charge on any atom is -0.493 e. The summed E-state index contributed by atoms with van der Waals surface area (Å²) in [5, 5.41) is 0.739. The zero-order valence-electron chi connectivity index (χ0n) is 17.3. The van der Waals surface area contributed by atoms with Crippen LogP contribution in [0.2, 0.25) is 5.02 Å². The summed E-state index contributed by atoms with van der Waals surface area (Å²) in [6.45, 7) is 11.4. The van der Waals surface area contributed by atoms with Crippen molar-refractivity contribution in [1.29, 1.82) is 0 Å². The lowest BCUT2D eigenvalue weighted by Gasteiger charge is -2.22. The first-order valence-corrected chi connectivity index (χ1v) is 9.44. The summed E-state index contributed by atoms with van der Waals surface area (Å²) in [6, 6.07) is 9.57. The summed E-state index contributed by atoms with van der Waals surface area (Å²) in [5.41, 5.74) is 2.84. The lowest BCUT2D eigenvalue weighted by molar-refractivity contribution is 0.378. The lowest BCUT2D eigenvalue weighted by atomic mass is 9.87. The van der Waals surface area contributed by atoms with Crippen molar-refractivity contribution < 1.29 is 9.47 Å². The molecule has 0 saturated heterocycles. The van der Waals surface area contributed by atoms with E-state index in [0.29, 0.717) is 11.5 Å². The molecule has 5 heteroatoms. The number of nitrogens with zero attached hydrogens (tertiary/aromatic N) is 2. The van der Waals surface area contributed by atoms with Crippen molar-refractivity contribution in [3.63, 3.8) is 0 Å². The predicted molar refractivity (Wildman–Crippen MR) is 114 cm³/mol. The van der Waals surface area contributed by atoms with Gasteiger partial charge in [-0.3, -0.25) is 0 Å². The van der Waals surface area contributed by atoms with E-state index in [1.165, 1.54) is 0 Å². The van der Waals surface area contributed by atoms with E-state index >= 15 is 0 Å². The third kappa shape index (κ3) is 5.39. The van der Waals surface area contributed by atoms with E-state index in [1.807, 2.05) is 55.5 Å². The second kappa shape index (κ2) is 8.66. The normalized spacial score (nSPS) is 11.7. The molecule has 0 saturated carbocycles. The SMILES string of the molecule is CCN(C)/C=N/c1cc(OC)c(Oc2ccc(Cl)c(C(C)(C)C)c2)cc1C. The Kier molecular flexibility index (Phi) is 6.77. The Balaban J connectivity index is 2.37. The fourth-order valence-electron chi connectivity index (χ4n) is 2.54. The van der Waals surface area contributed by atoms with Crippen molar-refractivity contribution in [2.24, 2.45) is 4.99 Å². The van der Waals surface area contributed by atoms with E-state index in [0.717, 1.165) is 34.1 Å². The molecule has 27 heavy (non-hydrogen) atoms. The molecule has 2 aromatic carbocycles. The minimum absolute atomic E-state index is 0.0691. The molecule has 0 aliphatic heterocycles. The van der Waals surface area contributed by atoms with Crippen molar-refractivity contribution in [3.05, 3.63) is 46.5 Å². The van der Waals surface area contributed by atoms with Crippen LogP contribution in [0.5, 0.6) is 17.2 Å². The first-order valence-electron chi connectivity index (χ1n) is 9.06. The molecule has 0 fully saturated rings. The third-order valence-corrected chi connectivity index (χ3v) is 4.68. The maximum absolute atomic E-state index is 6.36. The Morgan fingerprint density at radius 2 is 1.85 bits per heavy atom. The molecule has 0 N–H and O–H groups in total. The van der Waals surface area contributed by atoms with Crippen LogP contribution in [0.15, 0.2) is 35.3 Å². The monoisotopic (exact) mass is 388 g/mol. The predicted octanol–water partition coefficient (Wildman–Crippen LogP) is 6.36. The molecule has 0 bridgehead atoms. The van der Waals surface area contributed by atoms with Crippen molar-refractivity contribution in [3.8, 4) is 17.2 Å². The number of ether oxygens (including phenoxy) is 2. The molecule has 0 heterocycles. The molecule has 0 unspecified atom stereocenters. The van der Waals surface area contributed by atoms with E-state index in [1.54, 1.807) is 7.11 Å². The van der Waals surface area contributed by atoms with E-state index in [-0.39, 0.29) is 5.41 Å². The van der Waals surface area contributed by atoms with Gasteiger partial charge in [-0.15, -0.1) is 0 Å². The van der Waals surface area contributed by atoms with Crippen LogP contribution >= 0.6 is 11.6 Å². The Labute approximate surface area is 167 Å². The third-order valence-electron chi connectivity index (χ3n) is 4.35. The molecular weight excluding hydrogens is 360 g/mol. The molecule has 4 nitrogen and oxygen atoms in total. The lowest BCUT2D eigenvalue weighted by Crippen LogP contribution is -2.14. The number of methoxy groups -OCH3 is 1. The second-order valence-electron chi connectivity index (χ2n) is 7.60. The van der Waals surface area contributed by atoms with Gasteiger partial charge in [-0.25, -0.2) is 4.99 Å². The molecule has 0 aliphatic carbocycles. The van der Waals surface area contributed by atoms with Gasteiger partial charge in [0.15, 0.2) is 11.5 Å². The van der Waals surface area contributed by atoms with E-state index in [2.05, 4.69) is 32.7 Å². The molecule has 0 aliphatic rings. The van der Waals surface area contributed by atoms with Crippen molar-refractivity contribution in [2.75, 3.05) is 20.7 Å². The van der Waals surface area contributed by atoms with Crippen LogP contribution in [-0.2, 0) is 5.41 Å². The van der Waals surface area contributed by atoms with Crippen LogP contribution in [0, 0.1) is 6.92 Å². The molecule has 2 aromatic rings. The maximum atomic E-state index is 6.36. The maximum Gasteiger partial charge on any atom is 0.169 e. The first kappa shape index (κ1) is 21.1. The molecule has 0 radical (unpaired) electrons. The summed E-state index contributed by atoms with van der Waals surface area (Å²) in [7, 11) is 3.62. The Morgan fingerprint density at radius 3 is 2.44 bits per heavy atom. The number of hydrogen-bond acceptors (Lipinski definition) is 3. The zero-order valence-corrected chi connectivity index (χ0v) is 18.0. The number of hydrogen-bond donors (Lipinski definition) is 0. The molecule has 0 spiro atoms. The van der Waals surface area contributed by atoms with Crippen LogP contribution in [0.3, 0.4) is 0 Å². The van der Waals surface area contributed by atoms with Crippen LogP contribution in [0.4, 0.5) is 5.69 Å². The fraction of sp³-hybridized carbons (Fsp3) is 0.409. The molecule has 0 amide bonds. The second-order valence-corrected chi connectivity index (χ2v) is 8.01. The van der Waals surface area contributed by atoms with Gasteiger partial charge in [-0.1, -0.05) is 32.4 Å². The fourth-order valence-corrected chi connectivity index (χ4v) is 2.94. The highest BCUT2D eigenvalue weighted by Crippen LogP contribution is 2.39. The van der Waals surface area contributed by atoms with Crippen LogP contribution in [0.1, 0.15) is 38.8 Å². The number of halogens is 1. The van der Waals surface area contributed by atoms with Gasteiger partial charge in [0.1, 0.15) is 5.75 Å². The topological polar surface area (TPSA) is 34.1 Å². The Hall–Kier alpha value is -2.20. The largest absolute Gasteiger partial charge is 0.493 e. The standard InChI is InChI=1S/C22H29ClN2O2/c1-8-25(6)14-24-19-13-20(26-7)21(11-15(19)2)27-16-9-10-18(23)17(12-16)22(3,4)5/h9-14H,8H2,1-7H3/b24-14+. The Bertz CT molecular complexity index is 826. The van der Waals surface area contributed by atoms with Crippen molar-refractivity contribution in [2.45, 2.75) is 40.0 Å². The number of aryl methyl sites for hydroxylation is 1. The van der Waals surface area contributed by atoms with Gasteiger partial charge in [-0.2, -0.15) is 0 Å². The van der Waals surface area contributed by atoms with Crippen LogP contribution in [0.25, 0.3) is 0 Å². The summed E-state index contributed by atoms with van der Waals surface area (Å²) in [4.78, 5) is 6.55. The summed E-state index contributed by atoms with van der Waals surface area (Å²) < 4.78 is 11.7. The number of aliphatic imine (C=N–C) groups is 1. The minimum atomic E-state index is -0.0691. The van der Waals surface area contributed by atoms with Gasteiger partial charge in [0, 0.05) is 24.7 Å². The molecular formula is C22H29ClN2O2. The average molecular weight is 389 g/mol. The van der Waals surface area contributed by atoms with Gasteiger partial charge in [0.2, 0.25) is 0 Å². The summed E-state index contributed by atoms with van der Waals surface area (Å²) in [5.74, 6) is 2.02. The molecule has 0 atom stereocenters. The van der Waals surface area contributed by atoms with Gasteiger partial charge in [0.25, 0.3) is 0 Å². The smallest absolute Gasteiger partial charge is 0.169 e. The van der Waals surface area contributed by atoms with Gasteiger partial charge in [0.05, 0.1) is 19.1 Å². The number of rotatable bonds is 6. The highest BCUT2D eigenvalue weighted by molar-refractivity contribution is 6.31. The molecule has 0 aromatic heterocycles. The quantitative estimate of drug-likeness (QED) is 0.426.